The van der Waals surface area contributed by atoms with Gasteiger partial charge in [-0.05, 0) is 38.5 Å². The molecule has 0 aliphatic carbocycles. The quantitative estimate of drug-likeness (QED) is 0.0217. The Hall–Kier alpha value is -1.78. The number of carbonyl (C=O) groups excluding carboxylic acids is 2. The van der Waals surface area contributed by atoms with E-state index in [1.807, 2.05) is 0 Å². The van der Waals surface area contributed by atoms with Crippen molar-refractivity contribution in [3.8, 4) is 0 Å². The second-order valence-corrected chi connectivity index (χ2v) is 14.2. The number of phosphoric acid groups is 1. The third kappa shape index (κ3) is 31.5. The van der Waals surface area contributed by atoms with E-state index >= 15 is 0 Å². The Balaban J connectivity index is 3.81. The number of unbranched alkanes of at least 4 members (excludes halogenated alkanes) is 19. The van der Waals surface area contributed by atoms with Gasteiger partial charge >= 0.3 is 19.8 Å². The lowest BCUT2D eigenvalue weighted by Crippen LogP contribution is -2.43. The SMILES string of the molecule is CCCCCCCC/C=C/CCCCCCCCCCCC(=O)OCC(O)COP(=O)(O)OCC(NC(=O)CCCCCCC)C(=O)O. The molecule has 0 radical (unpaired) electrons. The van der Waals surface area contributed by atoms with Crippen LogP contribution in [0.4, 0.5) is 0 Å². The average molecular weight is 706 g/mol. The number of nitrogens with one attached hydrogen (secondary N) is 1. The third-order valence-electron chi connectivity index (χ3n) is 8.05. The Morgan fingerprint density at radius 1 is 0.646 bits per heavy atom. The van der Waals surface area contributed by atoms with Gasteiger partial charge in [0, 0.05) is 12.8 Å². The maximum absolute atomic E-state index is 12.1. The van der Waals surface area contributed by atoms with Gasteiger partial charge in [0.05, 0.1) is 13.2 Å². The van der Waals surface area contributed by atoms with E-state index in [1.54, 1.807) is 0 Å². The Labute approximate surface area is 290 Å². The van der Waals surface area contributed by atoms with E-state index in [4.69, 9.17) is 13.8 Å². The van der Waals surface area contributed by atoms with Gasteiger partial charge in [-0.3, -0.25) is 18.6 Å². The highest BCUT2D eigenvalue weighted by atomic mass is 31.2. The molecule has 0 bridgehead atoms. The molecule has 0 aliphatic heterocycles. The van der Waals surface area contributed by atoms with Crippen LogP contribution in [-0.4, -0.2) is 64.9 Å². The number of ether oxygens (including phenoxy) is 1. The minimum atomic E-state index is -4.73. The van der Waals surface area contributed by atoms with Gasteiger partial charge in [0.2, 0.25) is 5.91 Å². The molecule has 3 unspecified atom stereocenters. The number of phosphoric ester groups is 1. The number of carbonyl (C=O) groups is 3. The molecule has 0 aromatic carbocycles. The largest absolute Gasteiger partial charge is 0.480 e. The number of aliphatic hydroxyl groups is 1. The Bertz CT molecular complexity index is 885. The number of aliphatic hydroxyl groups excluding tert-OH is 1. The zero-order valence-corrected chi connectivity index (χ0v) is 30.9. The zero-order valence-electron chi connectivity index (χ0n) is 30.0. The summed E-state index contributed by atoms with van der Waals surface area (Å²) >= 11 is 0. The van der Waals surface area contributed by atoms with Crippen molar-refractivity contribution < 1.29 is 47.8 Å². The maximum atomic E-state index is 12.1. The second kappa shape index (κ2) is 32.4. The molecular weight excluding hydrogens is 637 g/mol. The van der Waals surface area contributed by atoms with Crippen molar-refractivity contribution in [3.63, 3.8) is 0 Å². The topological polar surface area (TPSA) is 169 Å². The fraction of sp³-hybridized carbons (Fsp3) is 0.861. The molecule has 4 N–H and O–H groups in total. The second-order valence-electron chi connectivity index (χ2n) is 12.8. The number of aliphatic carboxylic acids is 1. The van der Waals surface area contributed by atoms with E-state index in [1.165, 1.54) is 83.5 Å². The molecule has 0 saturated heterocycles. The lowest BCUT2D eigenvalue weighted by molar-refractivity contribution is -0.147. The fourth-order valence-corrected chi connectivity index (χ4v) is 5.85. The first-order valence-corrected chi connectivity index (χ1v) is 20.2. The molecule has 0 fully saturated rings. The van der Waals surface area contributed by atoms with Crippen molar-refractivity contribution in [1.82, 2.24) is 5.32 Å². The van der Waals surface area contributed by atoms with Crippen molar-refractivity contribution in [1.29, 1.82) is 0 Å². The number of allylic oxidation sites excluding steroid dienone is 2. The summed E-state index contributed by atoms with van der Waals surface area (Å²) in [5.74, 6) is -2.39. The molecule has 0 aliphatic rings. The van der Waals surface area contributed by atoms with Gasteiger partial charge in [-0.2, -0.15) is 0 Å². The minimum absolute atomic E-state index is 0.143. The predicted molar refractivity (Wildman–Crippen MR) is 190 cm³/mol. The first-order valence-electron chi connectivity index (χ1n) is 18.7. The first kappa shape index (κ1) is 46.2. The van der Waals surface area contributed by atoms with E-state index < -0.39 is 57.6 Å². The van der Waals surface area contributed by atoms with Gasteiger partial charge in [-0.15, -0.1) is 0 Å². The van der Waals surface area contributed by atoms with Gasteiger partial charge in [-0.1, -0.05) is 129 Å². The van der Waals surface area contributed by atoms with Crippen LogP contribution in [0.3, 0.4) is 0 Å². The van der Waals surface area contributed by atoms with Crippen molar-refractivity contribution in [3.05, 3.63) is 12.2 Å². The molecule has 0 heterocycles. The standard InChI is InChI=1S/C36H68NO10P/c1-3-5-7-9-10-11-12-13-14-15-16-17-18-19-20-21-22-24-26-28-35(40)45-29-32(38)30-46-48(43,44)47-31-33(36(41)42)37-34(39)27-25-23-8-6-4-2/h13-14,32-33,38H,3-12,15-31H2,1-2H3,(H,37,39)(H,41,42)(H,43,44)/b14-13+. The molecule has 1 amide bonds. The molecule has 12 heteroatoms. The van der Waals surface area contributed by atoms with Gasteiger partial charge in [-0.25, -0.2) is 9.36 Å². The molecule has 0 aromatic heterocycles. The van der Waals surface area contributed by atoms with Crippen LogP contribution in [-0.2, 0) is 32.7 Å². The van der Waals surface area contributed by atoms with Crippen LogP contribution in [0, 0.1) is 0 Å². The van der Waals surface area contributed by atoms with E-state index in [2.05, 4.69) is 31.3 Å². The summed E-state index contributed by atoms with van der Waals surface area (Å²) in [6.07, 6.45) is 28.8. The predicted octanol–water partition coefficient (Wildman–Crippen LogP) is 8.55. The molecule has 3 atom stereocenters. The van der Waals surface area contributed by atoms with Crippen molar-refractivity contribution in [2.75, 3.05) is 19.8 Å². The van der Waals surface area contributed by atoms with Crippen LogP contribution in [0.15, 0.2) is 12.2 Å². The lowest BCUT2D eigenvalue weighted by atomic mass is 10.1. The number of hydrogen-bond acceptors (Lipinski definition) is 8. The van der Waals surface area contributed by atoms with Gasteiger partial charge in [0.25, 0.3) is 0 Å². The summed E-state index contributed by atoms with van der Waals surface area (Å²) in [5, 5.41) is 21.5. The zero-order chi connectivity index (χ0) is 35.7. The Morgan fingerprint density at radius 2 is 1.08 bits per heavy atom. The highest BCUT2D eigenvalue weighted by Crippen LogP contribution is 2.43. The summed E-state index contributed by atoms with van der Waals surface area (Å²) in [4.78, 5) is 45.3. The van der Waals surface area contributed by atoms with E-state index in [0.717, 1.165) is 44.9 Å². The highest BCUT2D eigenvalue weighted by molar-refractivity contribution is 7.47. The van der Waals surface area contributed by atoms with E-state index in [9.17, 15) is 34.1 Å². The first-order chi connectivity index (χ1) is 23.1. The molecule has 0 rings (SSSR count). The summed E-state index contributed by atoms with van der Waals surface area (Å²) in [5.41, 5.74) is 0. The van der Waals surface area contributed by atoms with Crippen LogP contribution in [0.25, 0.3) is 0 Å². The number of esters is 1. The third-order valence-corrected chi connectivity index (χ3v) is 9.01. The number of carboxylic acids is 1. The Morgan fingerprint density at radius 3 is 1.58 bits per heavy atom. The molecule has 0 spiro atoms. The summed E-state index contributed by atoms with van der Waals surface area (Å²) in [7, 11) is -4.73. The normalized spacial score (nSPS) is 14.1. The number of hydrogen-bond donors (Lipinski definition) is 4. The molecule has 48 heavy (non-hydrogen) atoms. The van der Waals surface area contributed by atoms with Crippen LogP contribution >= 0.6 is 7.82 Å². The molecule has 282 valence electrons. The van der Waals surface area contributed by atoms with Crippen molar-refractivity contribution >= 4 is 25.7 Å². The number of amides is 1. The van der Waals surface area contributed by atoms with Gasteiger partial charge in [0.1, 0.15) is 12.7 Å². The van der Waals surface area contributed by atoms with Gasteiger partial charge < -0.3 is 25.2 Å². The monoisotopic (exact) mass is 705 g/mol. The fourth-order valence-electron chi connectivity index (χ4n) is 5.07. The van der Waals surface area contributed by atoms with Gasteiger partial charge in [0.15, 0.2) is 6.04 Å². The average Bonchev–Trinajstić information content (AvgIpc) is 3.05. The minimum Gasteiger partial charge on any atom is -0.480 e. The maximum Gasteiger partial charge on any atom is 0.472 e. The van der Waals surface area contributed by atoms with Crippen LogP contribution in [0.1, 0.15) is 168 Å². The number of rotatable bonds is 35. The highest BCUT2D eigenvalue weighted by Gasteiger charge is 2.28. The van der Waals surface area contributed by atoms with Crippen LogP contribution in [0.5, 0.6) is 0 Å². The number of carboxylic acid groups (broad SMARTS) is 1. The van der Waals surface area contributed by atoms with E-state index in [-0.39, 0.29) is 12.8 Å². The van der Waals surface area contributed by atoms with Crippen LogP contribution < -0.4 is 5.32 Å². The lowest BCUT2D eigenvalue weighted by Gasteiger charge is -2.18. The summed E-state index contributed by atoms with van der Waals surface area (Å²) in [6, 6.07) is -1.54. The smallest absolute Gasteiger partial charge is 0.472 e. The summed E-state index contributed by atoms with van der Waals surface area (Å²) < 4.78 is 26.6. The van der Waals surface area contributed by atoms with E-state index in [0.29, 0.717) is 12.8 Å². The molecule has 0 saturated carbocycles. The molecule has 0 aromatic rings. The Kier molecular flexibility index (Phi) is 31.2. The van der Waals surface area contributed by atoms with Crippen LogP contribution in [0.2, 0.25) is 0 Å². The van der Waals surface area contributed by atoms with Crippen molar-refractivity contribution in [2.45, 2.75) is 180 Å². The molecular formula is C36H68NO10P. The van der Waals surface area contributed by atoms with Crippen molar-refractivity contribution in [2.24, 2.45) is 0 Å². The summed E-state index contributed by atoms with van der Waals surface area (Å²) in [6.45, 7) is 2.44. The molecule has 11 nitrogen and oxygen atoms in total.